The lowest BCUT2D eigenvalue weighted by Crippen LogP contribution is -2.40. The molecule has 0 saturated heterocycles. The van der Waals surface area contributed by atoms with Crippen molar-refractivity contribution in [2.45, 2.75) is 25.7 Å². The molecule has 2 heterocycles. The molecule has 0 aliphatic carbocycles. The molecule has 1 amide bonds. The number of carbonyl (C=O) groups excluding carboxylic acids is 1. The van der Waals surface area contributed by atoms with E-state index >= 15 is 0 Å². The molecule has 0 aliphatic rings. The van der Waals surface area contributed by atoms with Crippen LogP contribution in [-0.4, -0.2) is 22.4 Å². The molecule has 3 aromatic rings. The summed E-state index contributed by atoms with van der Waals surface area (Å²) in [5, 5.41) is 11.9. The topological polar surface area (TPSA) is 91.8 Å². The molecule has 0 radical (unpaired) electrons. The Bertz CT molecular complexity index is 955. The Morgan fingerprint density at radius 3 is 2.67 bits per heavy atom. The van der Waals surface area contributed by atoms with Crippen LogP contribution in [0.4, 0.5) is 0 Å². The molecule has 6 heteroatoms. The third kappa shape index (κ3) is 4.21. The lowest BCUT2D eigenvalue weighted by Gasteiger charge is -2.24. The number of nitrogens with zero attached hydrogens (tertiary/aromatic N) is 3. The average molecular weight is 360 g/mol. The van der Waals surface area contributed by atoms with E-state index < -0.39 is 5.41 Å². The lowest BCUT2D eigenvalue weighted by molar-refractivity contribution is -0.125. The van der Waals surface area contributed by atoms with E-state index in [1.54, 1.807) is 12.5 Å². The van der Waals surface area contributed by atoms with E-state index in [1.807, 2.05) is 56.3 Å². The second-order valence-electron chi connectivity index (χ2n) is 6.69. The highest BCUT2D eigenvalue weighted by atomic mass is 16.3. The second-order valence-corrected chi connectivity index (χ2v) is 6.69. The number of hydrogen-bond acceptors (Lipinski definition) is 5. The molecule has 27 heavy (non-hydrogen) atoms. The summed E-state index contributed by atoms with van der Waals surface area (Å²) in [6.45, 7) is 4.30. The number of benzene rings is 1. The van der Waals surface area contributed by atoms with Crippen molar-refractivity contribution in [2.75, 3.05) is 6.54 Å². The maximum atomic E-state index is 12.6. The number of amides is 1. The molecule has 6 nitrogen and oxygen atoms in total. The van der Waals surface area contributed by atoms with E-state index in [-0.39, 0.29) is 11.6 Å². The Kier molecular flexibility index (Phi) is 5.32. The molecule has 0 unspecified atom stereocenters. The van der Waals surface area contributed by atoms with Crippen molar-refractivity contribution in [2.24, 2.45) is 0 Å². The molecule has 1 N–H and O–H groups in total. The number of aromatic nitrogens is 2. The summed E-state index contributed by atoms with van der Waals surface area (Å²) < 4.78 is 5.27. The first-order valence-corrected chi connectivity index (χ1v) is 8.64. The Morgan fingerprint density at radius 2 is 2.00 bits per heavy atom. The van der Waals surface area contributed by atoms with Crippen LogP contribution in [-0.2, 0) is 16.6 Å². The van der Waals surface area contributed by atoms with Crippen molar-refractivity contribution in [3.8, 4) is 17.3 Å². The summed E-state index contributed by atoms with van der Waals surface area (Å²) >= 11 is 0. The minimum Gasteiger partial charge on any atom is -0.469 e. The quantitative estimate of drug-likeness (QED) is 0.728. The molecule has 0 aliphatic heterocycles. The highest BCUT2D eigenvalue weighted by molar-refractivity contribution is 5.87. The van der Waals surface area contributed by atoms with Gasteiger partial charge in [-0.2, -0.15) is 5.26 Å². The standard InChI is InChI=1S/C21H20N4O2/c1-21(2,20(26)24-10-9-18-4-3-11-27-18)16-7-5-15(6-8-16)19-14-23-13-17(12-22)25-19/h3-8,11,13-14H,9-10H2,1-2H3,(H,24,26). The van der Waals surface area contributed by atoms with Crippen molar-refractivity contribution in [3.05, 3.63) is 72.1 Å². The van der Waals surface area contributed by atoms with Crippen LogP contribution in [0.15, 0.2) is 59.5 Å². The summed E-state index contributed by atoms with van der Waals surface area (Å²) in [4.78, 5) is 20.9. The summed E-state index contributed by atoms with van der Waals surface area (Å²) in [7, 11) is 0. The van der Waals surface area contributed by atoms with Crippen LogP contribution >= 0.6 is 0 Å². The van der Waals surface area contributed by atoms with Crippen LogP contribution in [0, 0.1) is 11.3 Å². The molecule has 1 aromatic carbocycles. The summed E-state index contributed by atoms with van der Waals surface area (Å²) in [6.07, 6.45) is 5.32. The van der Waals surface area contributed by atoms with Gasteiger partial charge in [-0.15, -0.1) is 0 Å². The van der Waals surface area contributed by atoms with Gasteiger partial charge in [0.1, 0.15) is 11.8 Å². The second kappa shape index (κ2) is 7.83. The molecule has 2 aromatic heterocycles. The van der Waals surface area contributed by atoms with Crippen molar-refractivity contribution in [1.29, 1.82) is 5.26 Å². The summed E-state index contributed by atoms with van der Waals surface area (Å²) in [5.41, 5.74) is 1.96. The van der Waals surface area contributed by atoms with Gasteiger partial charge >= 0.3 is 0 Å². The van der Waals surface area contributed by atoms with Crippen LogP contribution in [0.2, 0.25) is 0 Å². The Balaban J connectivity index is 1.68. The van der Waals surface area contributed by atoms with E-state index in [0.29, 0.717) is 18.7 Å². The first-order chi connectivity index (χ1) is 13.0. The van der Waals surface area contributed by atoms with Gasteiger partial charge in [-0.25, -0.2) is 4.98 Å². The number of nitriles is 1. The van der Waals surface area contributed by atoms with Crippen molar-refractivity contribution in [3.63, 3.8) is 0 Å². The minimum atomic E-state index is -0.679. The first kappa shape index (κ1) is 18.3. The minimum absolute atomic E-state index is 0.0481. The fourth-order valence-corrected chi connectivity index (χ4v) is 2.72. The SMILES string of the molecule is CC(C)(C(=O)NCCc1ccco1)c1ccc(-c2cncc(C#N)n2)cc1. The van der Waals surface area contributed by atoms with Gasteiger partial charge in [0.05, 0.1) is 29.8 Å². The van der Waals surface area contributed by atoms with E-state index in [1.165, 1.54) is 6.20 Å². The smallest absolute Gasteiger partial charge is 0.230 e. The zero-order valence-electron chi connectivity index (χ0n) is 15.3. The lowest BCUT2D eigenvalue weighted by atomic mass is 9.83. The highest BCUT2D eigenvalue weighted by Crippen LogP contribution is 2.26. The van der Waals surface area contributed by atoms with Gasteiger partial charge in [0.15, 0.2) is 5.69 Å². The van der Waals surface area contributed by atoms with Gasteiger partial charge in [0.2, 0.25) is 5.91 Å². The molecule has 3 rings (SSSR count). The van der Waals surface area contributed by atoms with Crippen molar-refractivity contribution >= 4 is 5.91 Å². The number of furan rings is 1. The Labute approximate surface area is 157 Å². The Morgan fingerprint density at radius 1 is 1.22 bits per heavy atom. The first-order valence-electron chi connectivity index (χ1n) is 8.64. The molecule has 0 saturated carbocycles. The molecular weight excluding hydrogens is 340 g/mol. The average Bonchev–Trinajstić information content (AvgIpc) is 3.21. The van der Waals surface area contributed by atoms with Crippen molar-refractivity contribution in [1.82, 2.24) is 15.3 Å². The highest BCUT2D eigenvalue weighted by Gasteiger charge is 2.29. The molecule has 0 spiro atoms. The van der Waals surface area contributed by atoms with Crippen molar-refractivity contribution < 1.29 is 9.21 Å². The fourth-order valence-electron chi connectivity index (χ4n) is 2.72. The molecular formula is C21H20N4O2. The van der Waals surface area contributed by atoms with Gasteiger partial charge in [-0.05, 0) is 31.5 Å². The summed E-state index contributed by atoms with van der Waals surface area (Å²) in [6, 6.07) is 13.3. The zero-order chi connectivity index (χ0) is 19.3. The fraction of sp³-hybridized carbons (Fsp3) is 0.238. The van der Waals surface area contributed by atoms with Crippen LogP contribution in [0.3, 0.4) is 0 Å². The maximum Gasteiger partial charge on any atom is 0.230 e. The van der Waals surface area contributed by atoms with Crippen LogP contribution < -0.4 is 5.32 Å². The van der Waals surface area contributed by atoms with E-state index in [4.69, 9.17) is 9.68 Å². The normalized spacial score (nSPS) is 11.0. The summed E-state index contributed by atoms with van der Waals surface area (Å²) in [5.74, 6) is 0.797. The molecule has 0 fully saturated rings. The molecule has 0 bridgehead atoms. The molecule has 136 valence electrons. The number of nitrogens with one attached hydrogen (secondary N) is 1. The van der Waals surface area contributed by atoms with Crippen LogP contribution in [0.1, 0.15) is 30.9 Å². The van der Waals surface area contributed by atoms with Gasteiger partial charge in [-0.3, -0.25) is 9.78 Å². The predicted octanol–water partition coefficient (Wildman–Crippen LogP) is 3.24. The van der Waals surface area contributed by atoms with E-state index in [9.17, 15) is 4.79 Å². The Hall–Kier alpha value is -3.46. The number of rotatable bonds is 6. The van der Waals surface area contributed by atoms with Gasteiger partial charge in [0, 0.05) is 18.5 Å². The van der Waals surface area contributed by atoms with Gasteiger partial charge in [0.25, 0.3) is 0 Å². The van der Waals surface area contributed by atoms with E-state index in [0.717, 1.165) is 16.9 Å². The van der Waals surface area contributed by atoms with E-state index in [2.05, 4.69) is 15.3 Å². The largest absolute Gasteiger partial charge is 0.469 e. The van der Waals surface area contributed by atoms with Crippen LogP contribution in [0.5, 0.6) is 0 Å². The van der Waals surface area contributed by atoms with Gasteiger partial charge < -0.3 is 9.73 Å². The van der Waals surface area contributed by atoms with Crippen LogP contribution in [0.25, 0.3) is 11.3 Å². The number of carbonyl (C=O) groups is 1. The molecule has 0 atom stereocenters. The maximum absolute atomic E-state index is 12.6. The van der Waals surface area contributed by atoms with Gasteiger partial charge in [-0.1, -0.05) is 24.3 Å². The predicted molar refractivity (Wildman–Crippen MR) is 101 cm³/mol. The third-order valence-corrected chi connectivity index (χ3v) is 4.46. The third-order valence-electron chi connectivity index (χ3n) is 4.46. The monoisotopic (exact) mass is 360 g/mol. The zero-order valence-corrected chi connectivity index (χ0v) is 15.3. The number of hydrogen-bond donors (Lipinski definition) is 1.